The molecule has 0 spiro atoms. The maximum absolute atomic E-state index is 5.98. The van der Waals surface area contributed by atoms with Crippen molar-refractivity contribution in [2.45, 2.75) is 31.5 Å². The van der Waals surface area contributed by atoms with Crippen LogP contribution in [0.2, 0.25) is 0 Å². The second-order valence-electron chi connectivity index (χ2n) is 5.85. The first kappa shape index (κ1) is 18.6. The van der Waals surface area contributed by atoms with Crippen molar-refractivity contribution in [3.05, 3.63) is 40.5 Å². The highest BCUT2D eigenvalue weighted by Crippen LogP contribution is 2.28. The summed E-state index contributed by atoms with van der Waals surface area (Å²) in [5.74, 6) is 0. The van der Waals surface area contributed by atoms with E-state index >= 15 is 0 Å². The number of hydrogen-bond acceptors (Lipinski definition) is 4. The number of nitrogens with two attached hydrogens (primary N) is 1. The third-order valence-corrected chi connectivity index (χ3v) is 5.26. The van der Waals surface area contributed by atoms with E-state index in [4.69, 9.17) is 10.5 Å². The van der Waals surface area contributed by atoms with Gasteiger partial charge in [-0.1, -0.05) is 28.1 Å². The van der Waals surface area contributed by atoms with E-state index in [2.05, 4.69) is 44.0 Å². The molecule has 2 unspecified atom stereocenters. The van der Waals surface area contributed by atoms with Crippen molar-refractivity contribution in [1.29, 1.82) is 0 Å². The van der Waals surface area contributed by atoms with Gasteiger partial charge in [0.25, 0.3) is 0 Å². The van der Waals surface area contributed by atoms with Crippen LogP contribution in [0.25, 0.3) is 10.9 Å². The van der Waals surface area contributed by atoms with Crippen molar-refractivity contribution in [3.8, 4) is 0 Å². The number of fused-ring (bicyclic) bond motifs is 1. The molecule has 3 rings (SSSR count). The summed E-state index contributed by atoms with van der Waals surface area (Å²) in [4.78, 5) is 7.04. The zero-order chi connectivity index (χ0) is 15.5. The summed E-state index contributed by atoms with van der Waals surface area (Å²) in [6.07, 6.45) is 4.27. The smallest absolute Gasteiger partial charge is 0.0758 e. The zero-order valence-corrected chi connectivity index (χ0v) is 15.6. The van der Waals surface area contributed by atoms with E-state index < -0.39 is 0 Å². The van der Waals surface area contributed by atoms with Gasteiger partial charge >= 0.3 is 0 Å². The fraction of sp³-hybridized carbons (Fsp3) is 0.471. The van der Waals surface area contributed by atoms with E-state index in [9.17, 15) is 0 Å². The summed E-state index contributed by atoms with van der Waals surface area (Å²) < 4.78 is 6.60. The molecule has 4 nitrogen and oxygen atoms in total. The third-order valence-electron chi connectivity index (χ3n) is 4.57. The average molecular weight is 401 g/mol. The molecule has 1 aliphatic heterocycles. The summed E-state index contributed by atoms with van der Waals surface area (Å²) in [6.45, 7) is 2.58. The van der Waals surface area contributed by atoms with Gasteiger partial charge in [0.05, 0.1) is 11.6 Å². The predicted octanol–water partition coefficient (Wildman–Crippen LogP) is 3.36. The van der Waals surface area contributed by atoms with Gasteiger partial charge in [-0.2, -0.15) is 0 Å². The average Bonchev–Trinajstić information content (AvgIpc) is 2.58. The first-order valence-electron chi connectivity index (χ1n) is 7.72. The van der Waals surface area contributed by atoms with Crippen molar-refractivity contribution in [1.82, 2.24) is 9.88 Å². The number of piperidine rings is 1. The normalized spacial score (nSPS) is 22.0. The van der Waals surface area contributed by atoms with E-state index in [0.29, 0.717) is 18.7 Å². The molecule has 0 aliphatic carbocycles. The first-order valence-corrected chi connectivity index (χ1v) is 8.51. The van der Waals surface area contributed by atoms with E-state index in [0.717, 1.165) is 41.3 Å². The minimum atomic E-state index is 0. The summed E-state index contributed by atoms with van der Waals surface area (Å²) in [5.41, 5.74) is 8.31. The SMILES string of the molecule is COC1CCN(Cc2ccc(Br)c3cccnc23)C(CN)C1.Cl. The Hall–Kier alpha value is -0.720. The second-order valence-corrected chi connectivity index (χ2v) is 6.70. The lowest BCUT2D eigenvalue weighted by molar-refractivity contribution is 0.0103. The Balaban J connectivity index is 0.00000192. The van der Waals surface area contributed by atoms with Crippen LogP contribution < -0.4 is 5.73 Å². The summed E-state index contributed by atoms with van der Waals surface area (Å²) in [7, 11) is 1.79. The van der Waals surface area contributed by atoms with Gasteiger partial charge in [-0.3, -0.25) is 9.88 Å². The van der Waals surface area contributed by atoms with Gasteiger partial charge in [0.1, 0.15) is 0 Å². The molecule has 0 radical (unpaired) electrons. The van der Waals surface area contributed by atoms with Crippen LogP contribution in [0.1, 0.15) is 18.4 Å². The number of ether oxygens (including phenoxy) is 1. The number of halogens is 2. The molecule has 1 aliphatic rings. The minimum absolute atomic E-state index is 0. The predicted molar refractivity (Wildman–Crippen MR) is 100.0 cm³/mol. The maximum atomic E-state index is 5.98. The highest BCUT2D eigenvalue weighted by Gasteiger charge is 2.27. The van der Waals surface area contributed by atoms with Crippen LogP contribution >= 0.6 is 28.3 Å². The molecule has 0 amide bonds. The van der Waals surface area contributed by atoms with Gasteiger partial charge in [-0.25, -0.2) is 0 Å². The Morgan fingerprint density at radius 2 is 2.22 bits per heavy atom. The lowest BCUT2D eigenvalue weighted by Crippen LogP contribution is -2.48. The van der Waals surface area contributed by atoms with Gasteiger partial charge in [0.15, 0.2) is 0 Å². The summed E-state index contributed by atoms with van der Waals surface area (Å²) in [5, 5.41) is 1.16. The van der Waals surface area contributed by atoms with Crippen LogP contribution in [0.15, 0.2) is 34.9 Å². The van der Waals surface area contributed by atoms with Crippen molar-refractivity contribution in [2.75, 3.05) is 20.2 Å². The molecule has 2 N–H and O–H groups in total. The molecule has 0 saturated carbocycles. The maximum Gasteiger partial charge on any atom is 0.0758 e. The Labute approximate surface area is 151 Å². The van der Waals surface area contributed by atoms with Crippen molar-refractivity contribution in [3.63, 3.8) is 0 Å². The molecule has 1 fully saturated rings. The van der Waals surface area contributed by atoms with E-state index in [1.54, 1.807) is 7.11 Å². The molecule has 126 valence electrons. The molecule has 1 aromatic carbocycles. The van der Waals surface area contributed by atoms with E-state index in [1.165, 1.54) is 5.56 Å². The molecule has 2 atom stereocenters. The molecule has 23 heavy (non-hydrogen) atoms. The topological polar surface area (TPSA) is 51.4 Å². The molecule has 2 heterocycles. The molecule has 1 saturated heterocycles. The van der Waals surface area contributed by atoms with Crippen LogP contribution in [-0.4, -0.2) is 42.2 Å². The fourth-order valence-corrected chi connectivity index (χ4v) is 3.73. The van der Waals surface area contributed by atoms with Crippen LogP contribution in [0.3, 0.4) is 0 Å². The number of rotatable bonds is 4. The quantitative estimate of drug-likeness (QED) is 0.855. The third kappa shape index (κ3) is 4.03. The Morgan fingerprint density at radius 3 is 2.96 bits per heavy atom. The van der Waals surface area contributed by atoms with E-state index in [1.807, 2.05) is 12.3 Å². The van der Waals surface area contributed by atoms with Crippen LogP contribution in [0.4, 0.5) is 0 Å². The fourth-order valence-electron chi connectivity index (χ4n) is 3.27. The number of methoxy groups -OCH3 is 1. The highest BCUT2D eigenvalue weighted by molar-refractivity contribution is 9.10. The highest BCUT2D eigenvalue weighted by atomic mass is 79.9. The van der Waals surface area contributed by atoms with Crippen LogP contribution in [-0.2, 0) is 11.3 Å². The van der Waals surface area contributed by atoms with Crippen molar-refractivity contribution in [2.24, 2.45) is 5.73 Å². The number of nitrogens with zero attached hydrogens (tertiary/aromatic N) is 2. The largest absolute Gasteiger partial charge is 0.381 e. The Bertz CT molecular complexity index is 655. The van der Waals surface area contributed by atoms with Crippen LogP contribution in [0, 0.1) is 0 Å². The number of benzene rings is 1. The summed E-state index contributed by atoms with van der Waals surface area (Å²) >= 11 is 3.61. The first-order chi connectivity index (χ1) is 10.7. The van der Waals surface area contributed by atoms with Crippen molar-refractivity contribution < 1.29 is 4.74 Å². The molecule has 0 bridgehead atoms. The van der Waals surface area contributed by atoms with E-state index in [-0.39, 0.29) is 12.4 Å². The number of likely N-dealkylation sites (tertiary alicyclic amines) is 1. The van der Waals surface area contributed by atoms with Gasteiger partial charge in [-0.15, -0.1) is 12.4 Å². The minimum Gasteiger partial charge on any atom is -0.381 e. The molecule has 1 aromatic heterocycles. The monoisotopic (exact) mass is 399 g/mol. The summed E-state index contributed by atoms with van der Waals surface area (Å²) in [6, 6.07) is 8.73. The lowest BCUT2D eigenvalue weighted by Gasteiger charge is -2.38. The van der Waals surface area contributed by atoms with Gasteiger partial charge in [0, 0.05) is 48.8 Å². The Morgan fingerprint density at radius 1 is 1.39 bits per heavy atom. The van der Waals surface area contributed by atoms with Gasteiger partial charge < -0.3 is 10.5 Å². The standard InChI is InChI=1S/C17H22BrN3O.ClH/c1-22-14-6-8-21(13(9-14)10-19)11-12-4-5-16(18)15-3-2-7-20-17(12)15;/h2-5,7,13-14H,6,8-11,19H2,1H3;1H. The Kier molecular flexibility index (Phi) is 6.80. The molecular formula is C17H23BrClN3O. The van der Waals surface area contributed by atoms with Crippen LogP contribution in [0.5, 0.6) is 0 Å². The van der Waals surface area contributed by atoms with Crippen molar-refractivity contribution >= 4 is 39.2 Å². The molecule has 6 heteroatoms. The number of hydrogen-bond donors (Lipinski definition) is 1. The zero-order valence-electron chi connectivity index (χ0n) is 13.2. The molecule has 2 aromatic rings. The number of pyridine rings is 1. The number of aromatic nitrogens is 1. The lowest BCUT2D eigenvalue weighted by atomic mass is 9.98. The van der Waals surface area contributed by atoms with Gasteiger partial charge in [-0.05, 0) is 30.5 Å². The van der Waals surface area contributed by atoms with Gasteiger partial charge in [0.2, 0.25) is 0 Å². The second kappa shape index (κ2) is 8.40. The molecular weight excluding hydrogens is 378 g/mol.